The van der Waals surface area contributed by atoms with E-state index in [1.54, 1.807) is 18.2 Å². The zero-order valence-corrected chi connectivity index (χ0v) is 13.6. The molecule has 1 N–H and O–H groups in total. The number of hydrogen-bond donors (Lipinski definition) is 1. The number of rotatable bonds is 7. The average molecular weight is 324 g/mol. The Balaban J connectivity index is 1.91. The van der Waals surface area contributed by atoms with Gasteiger partial charge in [-0.25, -0.2) is 0 Å². The van der Waals surface area contributed by atoms with Crippen LogP contribution >= 0.6 is 0 Å². The van der Waals surface area contributed by atoms with Gasteiger partial charge in [-0.05, 0) is 54.3 Å². The molecule has 1 amide bonds. The Kier molecular flexibility index (Phi) is 6.25. The van der Waals surface area contributed by atoms with Crippen LogP contribution in [0.15, 0.2) is 54.6 Å². The zero-order chi connectivity index (χ0) is 17.4. The molecule has 0 aromatic heterocycles. The van der Waals surface area contributed by atoms with Crippen LogP contribution in [0.1, 0.15) is 30.9 Å². The number of benzene rings is 2. The van der Waals surface area contributed by atoms with Crippen LogP contribution in [0.4, 0.5) is 11.4 Å². The van der Waals surface area contributed by atoms with Crippen LogP contribution in [0.25, 0.3) is 6.08 Å². The largest absolute Gasteiger partial charge is 0.323 e. The summed E-state index contributed by atoms with van der Waals surface area (Å²) in [5.41, 5.74) is 2.76. The first-order valence-corrected chi connectivity index (χ1v) is 7.91. The maximum atomic E-state index is 11.9. The molecule has 2 aromatic rings. The van der Waals surface area contributed by atoms with Gasteiger partial charge in [0, 0.05) is 23.9 Å². The highest BCUT2D eigenvalue weighted by molar-refractivity contribution is 6.01. The number of non-ortho nitro benzene ring substituents is 1. The summed E-state index contributed by atoms with van der Waals surface area (Å²) in [6.45, 7) is 2.16. The molecule has 0 aliphatic rings. The minimum atomic E-state index is -0.454. The van der Waals surface area contributed by atoms with Crippen LogP contribution in [0.3, 0.4) is 0 Å². The highest BCUT2D eigenvalue weighted by Crippen LogP contribution is 2.14. The molecule has 0 bridgehead atoms. The first-order valence-electron chi connectivity index (χ1n) is 7.91. The van der Waals surface area contributed by atoms with Gasteiger partial charge in [-0.2, -0.15) is 0 Å². The molecule has 0 heterocycles. The molecule has 0 radical (unpaired) electrons. The number of amides is 1. The van der Waals surface area contributed by atoms with E-state index in [9.17, 15) is 14.9 Å². The van der Waals surface area contributed by atoms with E-state index in [0.29, 0.717) is 0 Å². The summed E-state index contributed by atoms with van der Waals surface area (Å²) < 4.78 is 0. The van der Waals surface area contributed by atoms with Gasteiger partial charge in [0.25, 0.3) is 5.69 Å². The summed E-state index contributed by atoms with van der Waals surface area (Å²) in [4.78, 5) is 22.0. The fourth-order valence-corrected chi connectivity index (χ4v) is 2.20. The van der Waals surface area contributed by atoms with Gasteiger partial charge < -0.3 is 5.32 Å². The van der Waals surface area contributed by atoms with E-state index in [4.69, 9.17) is 0 Å². The van der Waals surface area contributed by atoms with Gasteiger partial charge in [0.2, 0.25) is 5.91 Å². The number of carbonyl (C=O) groups is 1. The monoisotopic (exact) mass is 324 g/mol. The van der Waals surface area contributed by atoms with Crippen LogP contribution in [-0.4, -0.2) is 10.8 Å². The van der Waals surface area contributed by atoms with E-state index < -0.39 is 4.92 Å². The molecule has 0 atom stereocenters. The van der Waals surface area contributed by atoms with Crippen molar-refractivity contribution in [3.8, 4) is 0 Å². The number of aryl methyl sites for hydroxylation is 1. The molecule has 0 aliphatic heterocycles. The highest BCUT2D eigenvalue weighted by atomic mass is 16.6. The summed E-state index contributed by atoms with van der Waals surface area (Å²) in [6, 6.07) is 13.8. The van der Waals surface area contributed by atoms with Gasteiger partial charge in [-0.1, -0.05) is 25.5 Å². The number of carbonyl (C=O) groups excluding carboxylic acids is 1. The smallest absolute Gasteiger partial charge is 0.269 e. The molecule has 24 heavy (non-hydrogen) atoms. The minimum absolute atomic E-state index is 0.0276. The number of anilines is 1. The first kappa shape index (κ1) is 17.4. The number of hydrogen-bond acceptors (Lipinski definition) is 3. The molecule has 5 nitrogen and oxygen atoms in total. The number of nitrogens with one attached hydrogen (secondary N) is 1. The summed E-state index contributed by atoms with van der Waals surface area (Å²) >= 11 is 0. The quantitative estimate of drug-likeness (QED) is 0.460. The Labute approximate surface area is 141 Å². The molecule has 0 saturated heterocycles. The van der Waals surface area contributed by atoms with Crippen LogP contribution in [0.5, 0.6) is 0 Å². The van der Waals surface area contributed by atoms with E-state index >= 15 is 0 Å². The standard InChI is InChI=1S/C19H20N2O3/c1-2-3-4-15-5-10-17(11-6-15)20-19(22)14-9-16-7-12-18(13-8-16)21(23)24/h5-14H,2-4H2,1H3,(H,20,22)/b14-9+. The summed E-state index contributed by atoms with van der Waals surface area (Å²) in [6.07, 6.45) is 6.39. The molecule has 0 aliphatic carbocycles. The van der Waals surface area contributed by atoms with Gasteiger partial charge in [-0.15, -0.1) is 0 Å². The van der Waals surface area contributed by atoms with Crippen LogP contribution < -0.4 is 5.32 Å². The first-order chi connectivity index (χ1) is 11.6. The van der Waals surface area contributed by atoms with Crippen LogP contribution in [0, 0.1) is 10.1 Å². The van der Waals surface area contributed by atoms with Crippen molar-refractivity contribution < 1.29 is 9.72 Å². The molecular formula is C19H20N2O3. The van der Waals surface area contributed by atoms with Crippen molar-refractivity contribution in [1.82, 2.24) is 0 Å². The van der Waals surface area contributed by atoms with Crippen molar-refractivity contribution in [2.45, 2.75) is 26.2 Å². The Bertz CT molecular complexity index is 719. The lowest BCUT2D eigenvalue weighted by Gasteiger charge is -2.04. The average Bonchev–Trinajstić information content (AvgIpc) is 2.59. The summed E-state index contributed by atoms with van der Waals surface area (Å²) in [7, 11) is 0. The van der Waals surface area contributed by atoms with Gasteiger partial charge in [0.1, 0.15) is 0 Å². The molecule has 0 spiro atoms. The van der Waals surface area contributed by atoms with Crippen molar-refractivity contribution in [2.24, 2.45) is 0 Å². The Morgan fingerprint density at radius 3 is 2.38 bits per heavy atom. The lowest BCUT2D eigenvalue weighted by molar-refractivity contribution is -0.384. The van der Waals surface area contributed by atoms with Crippen molar-refractivity contribution in [3.63, 3.8) is 0 Å². The number of nitro groups is 1. The Morgan fingerprint density at radius 2 is 1.79 bits per heavy atom. The SMILES string of the molecule is CCCCc1ccc(NC(=O)/C=C/c2ccc([N+](=O)[O-])cc2)cc1. The van der Waals surface area contributed by atoms with Gasteiger partial charge in [0.15, 0.2) is 0 Å². The maximum Gasteiger partial charge on any atom is 0.269 e. The lowest BCUT2D eigenvalue weighted by atomic mass is 10.1. The number of nitrogens with zero attached hydrogens (tertiary/aromatic N) is 1. The van der Waals surface area contributed by atoms with Crippen molar-refractivity contribution >= 4 is 23.4 Å². The van der Waals surface area contributed by atoms with Crippen molar-refractivity contribution in [2.75, 3.05) is 5.32 Å². The van der Waals surface area contributed by atoms with E-state index in [-0.39, 0.29) is 11.6 Å². The minimum Gasteiger partial charge on any atom is -0.323 e. The molecule has 2 aromatic carbocycles. The molecule has 0 unspecified atom stereocenters. The van der Waals surface area contributed by atoms with E-state index in [2.05, 4.69) is 12.2 Å². The van der Waals surface area contributed by atoms with E-state index in [1.165, 1.54) is 23.8 Å². The lowest BCUT2D eigenvalue weighted by Crippen LogP contribution is -2.07. The number of nitro benzene ring substituents is 1. The fourth-order valence-electron chi connectivity index (χ4n) is 2.20. The molecule has 2 rings (SSSR count). The second-order valence-electron chi connectivity index (χ2n) is 5.47. The third kappa shape index (κ3) is 5.35. The Morgan fingerprint density at radius 1 is 1.12 bits per heavy atom. The van der Waals surface area contributed by atoms with E-state index in [0.717, 1.165) is 30.5 Å². The highest BCUT2D eigenvalue weighted by Gasteiger charge is 2.03. The predicted molar refractivity (Wildman–Crippen MR) is 95.8 cm³/mol. The second kappa shape index (κ2) is 8.62. The van der Waals surface area contributed by atoms with Crippen molar-refractivity contribution in [3.05, 3.63) is 75.8 Å². The Hall–Kier alpha value is -2.95. The molecule has 0 fully saturated rings. The van der Waals surface area contributed by atoms with E-state index in [1.807, 2.05) is 24.3 Å². The predicted octanol–water partition coefficient (Wildman–Crippen LogP) is 4.59. The summed E-state index contributed by atoms with van der Waals surface area (Å²) in [5.74, 6) is -0.241. The van der Waals surface area contributed by atoms with Gasteiger partial charge >= 0.3 is 0 Å². The molecule has 5 heteroatoms. The molecule has 124 valence electrons. The van der Waals surface area contributed by atoms with Crippen molar-refractivity contribution in [1.29, 1.82) is 0 Å². The third-order valence-electron chi connectivity index (χ3n) is 3.57. The fraction of sp³-hybridized carbons (Fsp3) is 0.211. The third-order valence-corrected chi connectivity index (χ3v) is 3.57. The molecular weight excluding hydrogens is 304 g/mol. The molecule has 0 saturated carbocycles. The maximum absolute atomic E-state index is 11.9. The zero-order valence-electron chi connectivity index (χ0n) is 13.6. The van der Waals surface area contributed by atoms with Crippen LogP contribution in [-0.2, 0) is 11.2 Å². The number of unbranched alkanes of at least 4 members (excludes halogenated alkanes) is 1. The second-order valence-corrected chi connectivity index (χ2v) is 5.47. The summed E-state index contributed by atoms with van der Waals surface area (Å²) in [5, 5.41) is 13.4. The normalized spacial score (nSPS) is 10.7. The van der Waals surface area contributed by atoms with Gasteiger partial charge in [-0.3, -0.25) is 14.9 Å². The topological polar surface area (TPSA) is 72.2 Å². The van der Waals surface area contributed by atoms with Crippen LogP contribution in [0.2, 0.25) is 0 Å². The van der Waals surface area contributed by atoms with Gasteiger partial charge in [0.05, 0.1) is 4.92 Å².